The van der Waals surface area contributed by atoms with E-state index in [-0.39, 0.29) is 0 Å². The number of methoxy groups -OCH3 is 1. The zero-order chi connectivity index (χ0) is 15.4. The maximum absolute atomic E-state index is 11.9. The van der Waals surface area contributed by atoms with Gasteiger partial charge in [-0.05, 0) is 29.9 Å². The first-order valence-electron chi connectivity index (χ1n) is 7.16. The molecule has 0 aliphatic rings. The van der Waals surface area contributed by atoms with Crippen LogP contribution in [0.4, 0.5) is 0 Å². The van der Waals surface area contributed by atoms with Crippen molar-refractivity contribution in [2.75, 3.05) is 20.2 Å². The molecule has 112 valence electrons. The fourth-order valence-electron chi connectivity index (χ4n) is 2.79. The van der Waals surface area contributed by atoms with Crippen LogP contribution < -0.4 is 4.74 Å². The highest BCUT2D eigenvalue weighted by Gasteiger charge is 2.30. The van der Waals surface area contributed by atoms with Crippen LogP contribution in [0.25, 0.3) is 10.8 Å². The van der Waals surface area contributed by atoms with E-state index in [1.165, 1.54) is 0 Å². The van der Waals surface area contributed by atoms with Gasteiger partial charge in [0.1, 0.15) is 11.8 Å². The molecule has 2 rings (SSSR count). The van der Waals surface area contributed by atoms with E-state index < -0.39 is 12.0 Å². The maximum atomic E-state index is 11.9. The Morgan fingerprint density at radius 1 is 1.19 bits per heavy atom. The molecule has 1 unspecified atom stereocenters. The number of hydrogen-bond acceptors (Lipinski definition) is 3. The first-order chi connectivity index (χ1) is 10.1. The molecule has 4 nitrogen and oxygen atoms in total. The molecule has 1 atom stereocenters. The van der Waals surface area contributed by atoms with Gasteiger partial charge < -0.3 is 9.84 Å². The number of carbonyl (C=O) groups is 1. The molecule has 0 amide bonds. The minimum absolute atomic E-state index is 0.619. The van der Waals surface area contributed by atoms with E-state index in [1.807, 2.05) is 55.1 Å². The summed E-state index contributed by atoms with van der Waals surface area (Å²) in [7, 11) is 1.58. The summed E-state index contributed by atoms with van der Waals surface area (Å²) >= 11 is 0. The van der Waals surface area contributed by atoms with Gasteiger partial charge in [-0.1, -0.05) is 44.2 Å². The van der Waals surface area contributed by atoms with Crippen LogP contribution in [0.5, 0.6) is 5.75 Å². The second kappa shape index (κ2) is 6.59. The standard InChI is InChI=1S/C17H21NO3/c1-4-18(5-2)16(17(19)20)15-13-9-7-6-8-12(13)10-11-14(15)21-3/h6-11,16H,4-5H2,1-3H3,(H,19,20). The fraction of sp³-hybridized carbons (Fsp3) is 0.353. The second-order valence-electron chi connectivity index (χ2n) is 4.86. The Morgan fingerprint density at radius 3 is 2.43 bits per heavy atom. The molecule has 2 aromatic carbocycles. The Balaban J connectivity index is 2.73. The predicted molar refractivity (Wildman–Crippen MR) is 83.8 cm³/mol. The Bertz CT molecular complexity index is 635. The average Bonchev–Trinajstić information content (AvgIpc) is 2.51. The van der Waals surface area contributed by atoms with Gasteiger partial charge in [-0.2, -0.15) is 0 Å². The van der Waals surface area contributed by atoms with Crippen molar-refractivity contribution in [3.05, 3.63) is 42.0 Å². The topological polar surface area (TPSA) is 49.8 Å². The maximum Gasteiger partial charge on any atom is 0.325 e. The van der Waals surface area contributed by atoms with Gasteiger partial charge in [0.05, 0.1) is 7.11 Å². The Morgan fingerprint density at radius 2 is 1.86 bits per heavy atom. The summed E-state index contributed by atoms with van der Waals surface area (Å²) < 4.78 is 5.43. The van der Waals surface area contributed by atoms with Crippen molar-refractivity contribution >= 4 is 16.7 Å². The van der Waals surface area contributed by atoms with Crippen LogP contribution in [0, 0.1) is 0 Å². The van der Waals surface area contributed by atoms with E-state index in [0.29, 0.717) is 18.8 Å². The smallest absolute Gasteiger partial charge is 0.325 e. The fourth-order valence-corrected chi connectivity index (χ4v) is 2.79. The molecule has 21 heavy (non-hydrogen) atoms. The van der Waals surface area contributed by atoms with E-state index in [1.54, 1.807) is 7.11 Å². The third kappa shape index (κ3) is 2.85. The first-order valence-corrected chi connectivity index (χ1v) is 7.16. The molecule has 0 heterocycles. The van der Waals surface area contributed by atoms with Crippen molar-refractivity contribution in [2.45, 2.75) is 19.9 Å². The van der Waals surface area contributed by atoms with E-state index in [0.717, 1.165) is 16.3 Å². The zero-order valence-corrected chi connectivity index (χ0v) is 12.7. The number of benzene rings is 2. The molecule has 0 radical (unpaired) electrons. The summed E-state index contributed by atoms with van der Waals surface area (Å²) in [4.78, 5) is 13.8. The summed E-state index contributed by atoms with van der Waals surface area (Å²) in [5.41, 5.74) is 0.729. The van der Waals surface area contributed by atoms with Gasteiger partial charge in [0.15, 0.2) is 0 Å². The van der Waals surface area contributed by atoms with Crippen molar-refractivity contribution in [2.24, 2.45) is 0 Å². The first kappa shape index (κ1) is 15.3. The number of ether oxygens (including phenoxy) is 1. The Hall–Kier alpha value is -2.07. The van der Waals surface area contributed by atoms with Crippen LogP contribution in [-0.4, -0.2) is 36.2 Å². The highest BCUT2D eigenvalue weighted by molar-refractivity contribution is 5.92. The van der Waals surface area contributed by atoms with E-state index in [2.05, 4.69) is 0 Å². The average molecular weight is 287 g/mol. The molecular weight excluding hydrogens is 266 g/mol. The van der Waals surface area contributed by atoms with E-state index >= 15 is 0 Å². The van der Waals surface area contributed by atoms with E-state index in [9.17, 15) is 9.90 Å². The van der Waals surface area contributed by atoms with Gasteiger partial charge in [-0.3, -0.25) is 9.69 Å². The number of carboxylic acid groups (broad SMARTS) is 1. The van der Waals surface area contributed by atoms with Crippen LogP contribution in [0.2, 0.25) is 0 Å². The van der Waals surface area contributed by atoms with Crippen molar-refractivity contribution in [3.63, 3.8) is 0 Å². The lowest BCUT2D eigenvalue weighted by Crippen LogP contribution is -2.34. The summed E-state index contributed by atoms with van der Waals surface area (Å²) in [5.74, 6) is -0.235. The van der Waals surface area contributed by atoms with Crippen molar-refractivity contribution < 1.29 is 14.6 Å². The Labute approximate surface area is 124 Å². The number of likely N-dealkylation sites (N-methyl/N-ethyl adjacent to an activating group) is 1. The summed E-state index contributed by atoms with van der Waals surface area (Å²) in [5, 5.41) is 11.7. The normalized spacial score (nSPS) is 12.6. The minimum Gasteiger partial charge on any atom is -0.496 e. The molecule has 4 heteroatoms. The lowest BCUT2D eigenvalue weighted by Gasteiger charge is -2.28. The SMILES string of the molecule is CCN(CC)C(C(=O)O)c1c(OC)ccc2ccccc12. The molecule has 0 aliphatic heterocycles. The molecule has 0 aliphatic carbocycles. The van der Waals surface area contributed by atoms with Gasteiger partial charge in [0, 0.05) is 5.56 Å². The lowest BCUT2D eigenvalue weighted by molar-refractivity contribution is -0.143. The van der Waals surface area contributed by atoms with Gasteiger partial charge >= 0.3 is 5.97 Å². The molecule has 0 bridgehead atoms. The quantitative estimate of drug-likeness (QED) is 0.885. The number of aliphatic carboxylic acids is 1. The second-order valence-corrected chi connectivity index (χ2v) is 4.86. The van der Waals surface area contributed by atoms with Crippen LogP contribution >= 0.6 is 0 Å². The van der Waals surface area contributed by atoms with Gasteiger partial charge in [-0.15, -0.1) is 0 Å². The molecule has 0 spiro atoms. The predicted octanol–water partition coefficient (Wildman–Crippen LogP) is 3.32. The number of nitrogens with zero attached hydrogens (tertiary/aromatic N) is 1. The number of rotatable bonds is 6. The third-order valence-corrected chi connectivity index (χ3v) is 3.84. The molecule has 2 aromatic rings. The van der Waals surface area contributed by atoms with Crippen molar-refractivity contribution in [1.29, 1.82) is 0 Å². The molecule has 0 saturated heterocycles. The summed E-state index contributed by atoms with van der Waals surface area (Å²) in [6.45, 7) is 5.27. The number of fused-ring (bicyclic) bond motifs is 1. The highest BCUT2D eigenvalue weighted by Crippen LogP contribution is 2.36. The van der Waals surface area contributed by atoms with Gasteiger partial charge in [0.25, 0.3) is 0 Å². The molecular formula is C17H21NO3. The monoisotopic (exact) mass is 287 g/mol. The summed E-state index contributed by atoms with van der Waals surface area (Å²) in [6.07, 6.45) is 0. The van der Waals surface area contributed by atoms with Crippen molar-refractivity contribution in [1.82, 2.24) is 4.90 Å². The zero-order valence-electron chi connectivity index (χ0n) is 12.7. The number of hydrogen-bond donors (Lipinski definition) is 1. The third-order valence-electron chi connectivity index (χ3n) is 3.84. The molecule has 0 saturated carbocycles. The van der Waals surface area contributed by atoms with Crippen LogP contribution in [0.15, 0.2) is 36.4 Å². The Kier molecular flexibility index (Phi) is 4.81. The van der Waals surface area contributed by atoms with Crippen LogP contribution in [-0.2, 0) is 4.79 Å². The van der Waals surface area contributed by atoms with Crippen molar-refractivity contribution in [3.8, 4) is 5.75 Å². The van der Waals surface area contributed by atoms with Gasteiger partial charge in [-0.25, -0.2) is 0 Å². The molecule has 0 fully saturated rings. The minimum atomic E-state index is -0.853. The molecule has 0 aromatic heterocycles. The molecule has 1 N–H and O–H groups in total. The van der Waals surface area contributed by atoms with Crippen LogP contribution in [0.3, 0.4) is 0 Å². The summed E-state index contributed by atoms with van der Waals surface area (Å²) in [6, 6.07) is 10.9. The van der Waals surface area contributed by atoms with Gasteiger partial charge in [0.2, 0.25) is 0 Å². The highest BCUT2D eigenvalue weighted by atomic mass is 16.5. The lowest BCUT2D eigenvalue weighted by atomic mass is 9.96. The largest absolute Gasteiger partial charge is 0.496 e. The number of carboxylic acids is 1. The van der Waals surface area contributed by atoms with Crippen LogP contribution in [0.1, 0.15) is 25.5 Å². The van der Waals surface area contributed by atoms with E-state index in [4.69, 9.17) is 4.74 Å².